The summed E-state index contributed by atoms with van der Waals surface area (Å²) in [6, 6.07) is 10.2. The monoisotopic (exact) mass is 395 g/mol. The summed E-state index contributed by atoms with van der Waals surface area (Å²) in [6.07, 6.45) is -4.83. The van der Waals surface area contributed by atoms with Gasteiger partial charge in [-0.05, 0) is 29.8 Å². The molecule has 0 radical (unpaired) electrons. The number of hydrogen-bond acceptors (Lipinski definition) is 5. The third-order valence-corrected chi connectivity index (χ3v) is 4.10. The van der Waals surface area contributed by atoms with Crippen molar-refractivity contribution in [2.45, 2.75) is 19.5 Å². The van der Waals surface area contributed by atoms with Crippen LogP contribution in [0.3, 0.4) is 0 Å². The Bertz CT molecular complexity index is 902. The first kappa shape index (κ1) is 19.6. The molecule has 1 aliphatic rings. The van der Waals surface area contributed by atoms with E-state index in [1.807, 2.05) is 0 Å². The molecule has 28 heavy (non-hydrogen) atoms. The highest BCUT2D eigenvalue weighted by Crippen LogP contribution is 2.29. The smallest absolute Gasteiger partial charge is 0.405 e. The molecule has 0 fully saturated rings. The predicted octanol–water partition coefficient (Wildman–Crippen LogP) is 2.66. The van der Waals surface area contributed by atoms with Gasteiger partial charge in [0.15, 0.2) is 0 Å². The number of anilines is 1. The Morgan fingerprint density at radius 3 is 2.68 bits per heavy atom. The van der Waals surface area contributed by atoms with Gasteiger partial charge in [0.2, 0.25) is 5.91 Å². The first-order valence-electron chi connectivity index (χ1n) is 8.18. The van der Waals surface area contributed by atoms with E-state index in [0.29, 0.717) is 11.3 Å². The molecular formula is C18H16F3N3O4. The molecule has 2 aromatic carbocycles. The summed E-state index contributed by atoms with van der Waals surface area (Å²) in [5.74, 6) is -1.39. The molecule has 148 valence electrons. The third kappa shape index (κ3) is 4.78. The van der Waals surface area contributed by atoms with Crippen LogP contribution in [0, 0.1) is 0 Å². The lowest BCUT2D eigenvalue weighted by Gasteiger charge is -2.21. The standard InChI is InChI=1S/C18H16F3N3O4/c19-18(20,21)28-15-4-2-1-3-12(15)8-24-9-13-7-11(17(26)23-27)5-6-14(13)22-16(25)10-24/h1-7,27H,8-10H2,(H,22,25)(H,23,26). The first-order chi connectivity index (χ1) is 13.2. The van der Waals surface area contributed by atoms with Gasteiger partial charge in [0.05, 0.1) is 6.54 Å². The van der Waals surface area contributed by atoms with Crippen molar-refractivity contribution >= 4 is 17.5 Å². The topological polar surface area (TPSA) is 90.9 Å². The van der Waals surface area contributed by atoms with Crippen molar-refractivity contribution in [3.8, 4) is 5.75 Å². The molecule has 0 atom stereocenters. The number of alkyl halides is 3. The summed E-state index contributed by atoms with van der Waals surface area (Å²) in [5, 5.41) is 11.5. The lowest BCUT2D eigenvalue weighted by molar-refractivity contribution is -0.275. The van der Waals surface area contributed by atoms with Crippen molar-refractivity contribution in [3.05, 3.63) is 59.2 Å². The van der Waals surface area contributed by atoms with Crippen molar-refractivity contribution in [2.24, 2.45) is 0 Å². The van der Waals surface area contributed by atoms with Gasteiger partial charge in [-0.15, -0.1) is 13.2 Å². The molecular weight excluding hydrogens is 379 g/mol. The second kappa shape index (κ2) is 7.87. The van der Waals surface area contributed by atoms with E-state index in [9.17, 15) is 22.8 Å². The fraction of sp³-hybridized carbons (Fsp3) is 0.222. The number of nitrogens with one attached hydrogen (secondary N) is 2. The summed E-state index contributed by atoms with van der Waals surface area (Å²) >= 11 is 0. The minimum absolute atomic E-state index is 0.0234. The summed E-state index contributed by atoms with van der Waals surface area (Å²) in [5.41, 5.74) is 3.04. The van der Waals surface area contributed by atoms with Crippen molar-refractivity contribution in [3.63, 3.8) is 0 Å². The minimum atomic E-state index is -4.83. The van der Waals surface area contributed by atoms with Crippen LogP contribution in [-0.2, 0) is 17.9 Å². The Kier molecular flexibility index (Phi) is 5.52. The number of rotatable bonds is 4. The van der Waals surface area contributed by atoms with Gasteiger partial charge in [-0.1, -0.05) is 18.2 Å². The van der Waals surface area contributed by atoms with Crippen molar-refractivity contribution in [2.75, 3.05) is 11.9 Å². The molecule has 0 unspecified atom stereocenters. The number of carbonyl (C=O) groups is 2. The molecule has 0 spiro atoms. The molecule has 2 aromatic rings. The van der Waals surface area contributed by atoms with Gasteiger partial charge in [0, 0.05) is 29.9 Å². The molecule has 0 saturated heterocycles. The van der Waals surface area contributed by atoms with Crippen molar-refractivity contribution in [1.29, 1.82) is 0 Å². The predicted molar refractivity (Wildman–Crippen MR) is 91.6 cm³/mol. The molecule has 2 amide bonds. The van der Waals surface area contributed by atoms with Gasteiger partial charge in [-0.3, -0.25) is 19.7 Å². The van der Waals surface area contributed by atoms with E-state index in [0.717, 1.165) is 0 Å². The van der Waals surface area contributed by atoms with Crippen LogP contribution in [0.15, 0.2) is 42.5 Å². The van der Waals surface area contributed by atoms with Gasteiger partial charge in [-0.25, -0.2) is 5.48 Å². The molecule has 0 aromatic heterocycles. The molecule has 0 bridgehead atoms. The number of hydrogen-bond donors (Lipinski definition) is 3. The van der Waals surface area contributed by atoms with E-state index in [1.54, 1.807) is 11.0 Å². The molecule has 1 heterocycles. The average Bonchev–Trinajstić information content (AvgIpc) is 2.78. The number of carbonyl (C=O) groups excluding carboxylic acids is 2. The highest BCUT2D eigenvalue weighted by Gasteiger charge is 2.32. The lowest BCUT2D eigenvalue weighted by Crippen LogP contribution is -2.30. The van der Waals surface area contributed by atoms with Gasteiger partial charge >= 0.3 is 6.36 Å². The van der Waals surface area contributed by atoms with Crippen LogP contribution in [0.4, 0.5) is 18.9 Å². The number of hydroxylamine groups is 1. The van der Waals surface area contributed by atoms with Crippen LogP contribution < -0.4 is 15.5 Å². The Labute approximate surface area is 157 Å². The van der Waals surface area contributed by atoms with Gasteiger partial charge < -0.3 is 10.1 Å². The van der Waals surface area contributed by atoms with E-state index < -0.39 is 12.3 Å². The molecule has 10 heteroatoms. The third-order valence-electron chi connectivity index (χ3n) is 4.10. The molecule has 3 rings (SSSR count). The van der Waals surface area contributed by atoms with E-state index in [2.05, 4.69) is 10.1 Å². The number of halogens is 3. The molecule has 7 nitrogen and oxygen atoms in total. The number of nitrogens with zero attached hydrogens (tertiary/aromatic N) is 1. The SMILES string of the molecule is O=C1CN(Cc2ccccc2OC(F)(F)F)Cc2cc(C(=O)NO)ccc2N1. The van der Waals surface area contributed by atoms with E-state index in [-0.39, 0.29) is 42.4 Å². The van der Waals surface area contributed by atoms with E-state index in [1.165, 1.54) is 41.9 Å². The molecule has 0 saturated carbocycles. The fourth-order valence-electron chi connectivity index (χ4n) is 2.95. The number of benzene rings is 2. The first-order valence-corrected chi connectivity index (χ1v) is 8.18. The van der Waals surface area contributed by atoms with Gasteiger partial charge in [0.25, 0.3) is 5.91 Å². The zero-order chi connectivity index (χ0) is 20.3. The summed E-state index contributed by atoms with van der Waals surface area (Å²) < 4.78 is 41.9. The van der Waals surface area contributed by atoms with Crippen LogP contribution in [0.5, 0.6) is 5.75 Å². The zero-order valence-corrected chi connectivity index (χ0v) is 14.4. The summed E-state index contributed by atoms with van der Waals surface area (Å²) in [6.45, 7) is 0.160. The highest BCUT2D eigenvalue weighted by molar-refractivity contribution is 5.97. The summed E-state index contributed by atoms with van der Waals surface area (Å²) in [4.78, 5) is 25.4. The molecule has 3 N–H and O–H groups in total. The van der Waals surface area contributed by atoms with Crippen LogP contribution in [0.1, 0.15) is 21.5 Å². The Hall–Kier alpha value is -3.11. The van der Waals surface area contributed by atoms with Crippen LogP contribution in [0.25, 0.3) is 0 Å². The highest BCUT2D eigenvalue weighted by atomic mass is 19.4. The van der Waals surface area contributed by atoms with Gasteiger partial charge in [0.1, 0.15) is 5.75 Å². The quantitative estimate of drug-likeness (QED) is 0.547. The second-order valence-electron chi connectivity index (χ2n) is 6.16. The number of ether oxygens (including phenoxy) is 1. The van der Waals surface area contributed by atoms with E-state index in [4.69, 9.17) is 5.21 Å². The minimum Gasteiger partial charge on any atom is -0.405 e. The van der Waals surface area contributed by atoms with Crippen molar-refractivity contribution < 1.29 is 32.7 Å². The van der Waals surface area contributed by atoms with Gasteiger partial charge in [-0.2, -0.15) is 0 Å². The Morgan fingerprint density at radius 1 is 1.21 bits per heavy atom. The van der Waals surface area contributed by atoms with Crippen LogP contribution in [-0.4, -0.2) is 34.8 Å². The maximum Gasteiger partial charge on any atom is 0.573 e. The normalized spacial score (nSPS) is 14.6. The Balaban J connectivity index is 1.86. The molecule has 1 aliphatic heterocycles. The van der Waals surface area contributed by atoms with Crippen molar-refractivity contribution in [1.82, 2.24) is 10.4 Å². The maximum atomic E-state index is 12.6. The fourth-order valence-corrected chi connectivity index (χ4v) is 2.95. The second-order valence-corrected chi connectivity index (χ2v) is 6.16. The maximum absolute atomic E-state index is 12.6. The van der Waals surface area contributed by atoms with Crippen LogP contribution in [0.2, 0.25) is 0 Å². The zero-order valence-electron chi connectivity index (χ0n) is 14.4. The largest absolute Gasteiger partial charge is 0.573 e. The molecule has 0 aliphatic carbocycles. The summed E-state index contributed by atoms with van der Waals surface area (Å²) in [7, 11) is 0. The van der Waals surface area contributed by atoms with E-state index >= 15 is 0 Å². The van der Waals surface area contributed by atoms with Crippen LogP contribution >= 0.6 is 0 Å². The number of fused-ring (bicyclic) bond motifs is 1. The lowest BCUT2D eigenvalue weighted by atomic mass is 10.1. The Morgan fingerprint density at radius 2 is 1.96 bits per heavy atom. The average molecular weight is 395 g/mol. The number of para-hydroxylation sites is 1. The number of amides is 2.